The molecule has 2 aromatic carbocycles. The van der Waals surface area contributed by atoms with Crippen LogP contribution < -0.4 is 10.2 Å². The lowest BCUT2D eigenvalue weighted by molar-refractivity contribution is 0.0691. The van der Waals surface area contributed by atoms with Crippen LogP contribution in [-0.2, 0) is 19.5 Å². The summed E-state index contributed by atoms with van der Waals surface area (Å²) in [6.45, 7) is 6.46. The fourth-order valence-electron chi connectivity index (χ4n) is 7.77. The monoisotopic (exact) mass is 708 g/mol. The molecule has 5 aromatic rings. The SMILES string of the molecule is CC1CC(Br)=C2C(C)C2(Cn2cc(-c3ccc(N4CCc5cccc(C(=O)Nc6nc7ccccc7s6)c5C4)nc3C(=O)O)cn2)C1. The number of nitrogens with one attached hydrogen (secondary N) is 1. The van der Waals surface area contributed by atoms with E-state index >= 15 is 0 Å². The van der Waals surface area contributed by atoms with Crippen LogP contribution in [0.1, 0.15) is 58.7 Å². The summed E-state index contributed by atoms with van der Waals surface area (Å²) < 4.78 is 4.31. The number of carboxylic acid groups (broad SMARTS) is 1. The quantitative estimate of drug-likeness (QED) is 0.178. The van der Waals surface area contributed by atoms with E-state index in [9.17, 15) is 14.7 Å². The number of allylic oxidation sites excluding steroid dienone is 2. The third-order valence-electron chi connectivity index (χ3n) is 10.1. The van der Waals surface area contributed by atoms with Gasteiger partial charge in [-0.05, 0) is 82.6 Å². The van der Waals surface area contributed by atoms with Crippen molar-refractivity contribution in [3.63, 3.8) is 0 Å². The molecule has 0 bridgehead atoms. The molecule has 1 amide bonds. The zero-order chi connectivity index (χ0) is 32.4. The van der Waals surface area contributed by atoms with Crippen molar-refractivity contribution in [1.82, 2.24) is 19.7 Å². The number of fused-ring (bicyclic) bond motifs is 3. The molecule has 3 atom stereocenters. The number of hydrogen-bond acceptors (Lipinski definition) is 7. The highest BCUT2D eigenvalue weighted by Gasteiger charge is 2.60. The van der Waals surface area contributed by atoms with Crippen LogP contribution in [-0.4, -0.2) is 43.3 Å². The molecule has 3 aromatic heterocycles. The number of benzene rings is 2. The minimum atomic E-state index is -1.09. The van der Waals surface area contributed by atoms with Crippen molar-refractivity contribution in [1.29, 1.82) is 0 Å². The number of carbonyl (C=O) groups is 2. The molecule has 8 rings (SSSR count). The highest BCUT2D eigenvalue weighted by molar-refractivity contribution is 9.11. The fraction of sp³-hybridized carbons (Fsp3) is 0.306. The number of thiazole rings is 1. The van der Waals surface area contributed by atoms with E-state index in [0.717, 1.165) is 46.3 Å². The summed E-state index contributed by atoms with van der Waals surface area (Å²) in [5, 5.41) is 18.4. The molecule has 238 valence electrons. The Morgan fingerprint density at radius 2 is 1.96 bits per heavy atom. The summed E-state index contributed by atoms with van der Waals surface area (Å²) in [6.07, 6.45) is 6.62. The largest absolute Gasteiger partial charge is 0.476 e. The second kappa shape index (κ2) is 11.4. The molecule has 2 aliphatic carbocycles. The standard InChI is InChI=1S/C36H33BrN6O3S/c1-20-14-27(37)31-21(2)36(31,15-20)19-43-17-23(16-38-43)24-10-11-30(40-32(24)34(45)46)42-13-12-22-6-5-7-25(26(22)18-42)33(44)41-35-39-28-8-3-4-9-29(28)47-35/h3-11,16-17,20-21H,12-15,18-19H2,1-2H3,(H,45,46)(H,39,41,44). The molecule has 0 saturated heterocycles. The van der Waals surface area contributed by atoms with E-state index in [4.69, 9.17) is 0 Å². The second-order valence-corrected chi connectivity index (χ2v) is 15.1. The zero-order valence-corrected chi connectivity index (χ0v) is 28.4. The normalized spacial score (nSPS) is 21.8. The molecular weight excluding hydrogens is 676 g/mol. The number of carboxylic acids is 1. The van der Waals surface area contributed by atoms with Gasteiger partial charge in [-0.25, -0.2) is 14.8 Å². The van der Waals surface area contributed by atoms with E-state index in [-0.39, 0.29) is 17.0 Å². The fourth-order valence-corrected chi connectivity index (χ4v) is 9.92. The number of hydrogen-bond donors (Lipinski definition) is 2. The van der Waals surface area contributed by atoms with Crippen LogP contribution >= 0.6 is 27.3 Å². The van der Waals surface area contributed by atoms with Gasteiger partial charge in [-0.3, -0.25) is 14.8 Å². The van der Waals surface area contributed by atoms with Gasteiger partial charge in [-0.2, -0.15) is 5.10 Å². The molecule has 1 saturated carbocycles. The first kappa shape index (κ1) is 30.0. The van der Waals surface area contributed by atoms with E-state index in [0.29, 0.717) is 53.4 Å². The van der Waals surface area contributed by atoms with Gasteiger partial charge < -0.3 is 10.0 Å². The van der Waals surface area contributed by atoms with Crippen molar-refractivity contribution in [2.45, 2.75) is 46.2 Å². The van der Waals surface area contributed by atoms with Gasteiger partial charge in [0.1, 0.15) is 5.82 Å². The van der Waals surface area contributed by atoms with Crippen LogP contribution in [0.4, 0.5) is 10.9 Å². The molecule has 47 heavy (non-hydrogen) atoms. The third-order valence-corrected chi connectivity index (χ3v) is 11.8. The lowest BCUT2D eigenvalue weighted by atomic mass is 9.85. The average molecular weight is 710 g/mol. The highest BCUT2D eigenvalue weighted by atomic mass is 79.9. The van der Waals surface area contributed by atoms with Gasteiger partial charge >= 0.3 is 5.97 Å². The number of nitrogens with zero attached hydrogens (tertiary/aromatic N) is 5. The number of rotatable bonds is 7. The van der Waals surface area contributed by atoms with Crippen LogP contribution in [0.15, 0.2) is 77.0 Å². The lowest BCUT2D eigenvalue weighted by Gasteiger charge is -2.31. The van der Waals surface area contributed by atoms with Crippen LogP contribution in [0.3, 0.4) is 0 Å². The molecule has 9 nitrogen and oxygen atoms in total. The molecule has 4 heterocycles. The maximum absolute atomic E-state index is 13.5. The Bertz CT molecular complexity index is 2090. The van der Waals surface area contributed by atoms with Gasteiger partial charge in [0.15, 0.2) is 10.8 Å². The van der Waals surface area contributed by atoms with Gasteiger partial charge in [0, 0.05) is 41.4 Å². The smallest absolute Gasteiger partial charge is 0.355 e. The molecular formula is C36H33BrN6O3S. The Labute approximate surface area is 284 Å². The van der Waals surface area contributed by atoms with Crippen molar-refractivity contribution in [2.24, 2.45) is 17.3 Å². The first-order chi connectivity index (χ1) is 22.7. The van der Waals surface area contributed by atoms with Crippen LogP contribution in [0, 0.1) is 17.3 Å². The predicted molar refractivity (Wildman–Crippen MR) is 187 cm³/mol. The third kappa shape index (κ3) is 5.25. The molecule has 3 unspecified atom stereocenters. The van der Waals surface area contributed by atoms with Crippen molar-refractivity contribution in [3.8, 4) is 11.1 Å². The molecule has 2 N–H and O–H groups in total. The Balaban J connectivity index is 1.03. The highest BCUT2D eigenvalue weighted by Crippen LogP contribution is 2.68. The van der Waals surface area contributed by atoms with E-state index in [1.165, 1.54) is 21.4 Å². The lowest BCUT2D eigenvalue weighted by Crippen LogP contribution is -2.33. The van der Waals surface area contributed by atoms with E-state index in [1.54, 1.807) is 6.20 Å². The number of pyridine rings is 1. The maximum Gasteiger partial charge on any atom is 0.355 e. The number of para-hydroxylation sites is 1. The van der Waals surface area contributed by atoms with Crippen LogP contribution in [0.25, 0.3) is 21.3 Å². The average Bonchev–Trinajstić information content (AvgIpc) is 3.36. The van der Waals surface area contributed by atoms with Crippen molar-refractivity contribution >= 4 is 60.3 Å². The Morgan fingerprint density at radius 1 is 1.11 bits per heavy atom. The number of halogens is 1. The Morgan fingerprint density at radius 3 is 2.79 bits per heavy atom. The summed E-state index contributed by atoms with van der Waals surface area (Å²) in [7, 11) is 0. The first-order valence-electron chi connectivity index (χ1n) is 15.9. The minimum Gasteiger partial charge on any atom is -0.476 e. The topological polar surface area (TPSA) is 113 Å². The molecule has 0 radical (unpaired) electrons. The van der Waals surface area contributed by atoms with E-state index in [2.05, 4.69) is 50.2 Å². The van der Waals surface area contributed by atoms with Crippen molar-refractivity contribution in [3.05, 3.63) is 99.4 Å². The summed E-state index contributed by atoms with van der Waals surface area (Å²) >= 11 is 5.26. The van der Waals surface area contributed by atoms with Gasteiger partial charge in [-0.1, -0.05) is 65.4 Å². The summed E-state index contributed by atoms with van der Waals surface area (Å²) in [5.41, 5.74) is 6.32. The van der Waals surface area contributed by atoms with Crippen molar-refractivity contribution < 1.29 is 14.7 Å². The zero-order valence-electron chi connectivity index (χ0n) is 26.0. The number of amides is 1. The summed E-state index contributed by atoms with van der Waals surface area (Å²) in [4.78, 5) is 37.3. The number of anilines is 2. The first-order valence-corrected chi connectivity index (χ1v) is 17.5. The molecule has 11 heteroatoms. The maximum atomic E-state index is 13.5. The molecule has 1 fully saturated rings. The molecule has 0 spiro atoms. The van der Waals surface area contributed by atoms with Crippen LogP contribution in [0.2, 0.25) is 0 Å². The number of aromatic nitrogens is 4. The van der Waals surface area contributed by atoms with Gasteiger partial charge in [0.05, 0.1) is 23.0 Å². The number of aromatic carboxylic acids is 1. The predicted octanol–water partition coefficient (Wildman–Crippen LogP) is 7.78. The molecule has 3 aliphatic rings. The van der Waals surface area contributed by atoms with Gasteiger partial charge in [0.2, 0.25) is 0 Å². The number of carbonyl (C=O) groups excluding carboxylic acids is 1. The van der Waals surface area contributed by atoms with Crippen molar-refractivity contribution in [2.75, 3.05) is 16.8 Å². The Hall–Kier alpha value is -4.35. The van der Waals surface area contributed by atoms with Gasteiger partial charge in [-0.15, -0.1) is 0 Å². The summed E-state index contributed by atoms with van der Waals surface area (Å²) in [5.74, 6) is 0.375. The van der Waals surface area contributed by atoms with Crippen LogP contribution in [0.5, 0.6) is 0 Å². The van der Waals surface area contributed by atoms with E-state index < -0.39 is 5.97 Å². The second-order valence-electron chi connectivity index (χ2n) is 13.1. The summed E-state index contributed by atoms with van der Waals surface area (Å²) in [6, 6.07) is 17.3. The molecule has 1 aliphatic heterocycles. The Kier molecular flexibility index (Phi) is 7.29. The minimum absolute atomic E-state index is 0.0118. The van der Waals surface area contributed by atoms with Gasteiger partial charge in [0.25, 0.3) is 5.91 Å². The van der Waals surface area contributed by atoms with E-state index in [1.807, 2.05) is 70.4 Å².